The maximum Gasteiger partial charge on any atom is 0.150 e. The van der Waals surface area contributed by atoms with Crippen molar-refractivity contribution in [2.75, 3.05) is 0 Å². The molecule has 1 atom stereocenters. The number of rotatable bonds is 3. The van der Waals surface area contributed by atoms with Crippen molar-refractivity contribution in [1.29, 1.82) is 0 Å². The molecule has 1 aromatic heterocycles. The summed E-state index contributed by atoms with van der Waals surface area (Å²) in [5, 5.41) is 4.19. The summed E-state index contributed by atoms with van der Waals surface area (Å²) in [5.41, 5.74) is 2.69. The van der Waals surface area contributed by atoms with Crippen molar-refractivity contribution in [3.8, 4) is 5.69 Å². The third kappa shape index (κ3) is 2.25. The first-order valence-corrected chi connectivity index (χ1v) is 5.37. The molecule has 0 saturated carbocycles. The van der Waals surface area contributed by atoms with Gasteiger partial charge < -0.3 is 0 Å². The Balaban J connectivity index is 2.39. The fourth-order valence-electron chi connectivity index (χ4n) is 1.70. The molecule has 2 aromatic rings. The highest BCUT2D eigenvalue weighted by molar-refractivity contribution is 5.75. The Morgan fingerprint density at radius 3 is 2.47 bits per heavy atom. The van der Waals surface area contributed by atoms with Gasteiger partial charge in [-0.1, -0.05) is 0 Å². The van der Waals surface area contributed by atoms with Gasteiger partial charge in [-0.15, -0.1) is 0 Å². The zero-order valence-corrected chi connectivity index (χ0v) is 9.72. The second-order valence-electron chi connectivity index (χ2n) is 3.97. The van der Waals surface area contributed by atoms with Crippen molar-refractivity contribution < 1.29 is 9.18 Å². The molecular formula is C13H13FN2O. The van der Waals surface area contributed by atoms with Crippen LogP contribution in [0.5, 0.6) is 0 Å². The van der Waals surface area contributed by atoms with E-state index in [1.54, 1.807) is 35.1 Å². The lowest BCUT2D eigenvalue weighted by atomic mass is 10.2. The quantitative estimate of drug-likeness (QED) is 0.762. The number of nitrogens with zero attached hydrogens (tertiary/aromatic N) is 2. The molecule has 0 aliphatic carbocycles. The van der Waals surface area contributed by atoms with E-state index in [2.05, 4.69) is 5.10 Å². The largest absolute Gasteiger partial charge is 0.298 e. The number of hydrogen-bond donors (Lipinski definition) is 0. The molecule has 0 fully saturated rings. The highest BCUT2D eigenvalue weighted by Gasteiger charge is 2.12. The number of aldehydes is 1. The molecular weight excluding hydrogens is 219 g/mol. The SMILES string of the molecule is Cc1cn(-c2ccc(C=O)cc2)nc1C(C)F. The van der Waals surface area contributed by atoms with E-state index in [0.29, 0.717) is 11.3 Å². The minimum Gasteiger partial charge on any atom is -0.298 e. The van der Waals surface area contributed by atoms with E-state index in [1.165, 1.54) is 6.92 Å². The van der Waals surface area contributed by atoms with Crippen molar-refractivity contribution in [1.82, 2.24) is 9.78 Å². The number of hydrogen-bond acceptors (Lipinski definition) is 2. The van der Waals surface area contributed by atoms with Gasteiger partial charge in [-0.25, -0.2) is 9.07 Å². The standard InChI is InChI=1S/C13H13FN2O/c1-9-7-16(15-13(9)10(2)14)12-5-3-11(8-17)4-6-12/h3-8,10H,1-2H3. The van der Waals surface area contributed by atoms with E-state index in [0.717, 1.165) is 17.5 Å². The first kappa shape index (κ1) is 11.5. The molecule has 88 valence electrons. The van der Waals surface area contributed by atoms with Gasteiger partial charge in [0.25, 0.3) is 0 Å². The minimum atomic E-state index is -1.08. The van der Waals surface area contributed by atoms with Crippen molar-refractivity contribution in [3.63, 3.8) is 0 Å². The third-order valence-corrected chi connectivity index (χ3v) is 2.61. The number of benzene rings is 1. The molecule has 1 aromatic carbocycles. The van der Waals surface area contributed by atoms with Gasteiger partial charge in [-0.05, 0) is 43.7 Å². The van der Waals surface area contributed by atoms with Crippen LogP contribution in [0.15, 0.2) is 30.5 Å². The normalized spacial score (nSPS) is 12.4. The molecule has 0 radical (unpaired) electrons. The van der Waals surface area contributed by atoms with Crippen LogP contribution in [0.2, 0.25) is 0 Å². The Kier molecular flexibility index (Phi) is 3.04. The topological polar surface area (TPSA) is 34.9 Å². The zero-order chi connectivity index (χ0) is 12.4. The Morgan fingerprint density at radius 1 is 1.35 bits per heavy atom. The first-order chi connectivity index (χ1) is 8.11. The average Bonchev–Trinajstić information content (AvgIpc) is 2.71. The summed E-state index contributed by atoms with van der Waals surface area (Å²) < 4.78 is 14.8. The van der Waals surface area contributed by atoms with E-state index in [-0.39, 0.29) is 0 Å². The molecule has 0 spiro atoms. The van der Waals surface area contributed by atoms with Crippen LogP contribution in [0.25, 0.3) is 5.69 Å². The molecule has 1 unspecified atom stereocenters. The van der Waals surface area contributed by atoms with Crippen molar-refractivity contribution in [3.05, 3.63) is 47.3 Å². The van der Waals surface area contributed by atoms with E-state index in [9.17, 15) is 9.18 Å². The Bertz CT molecular complexity index is 529. The first-order valence-electron chi connectivity index (χ1n) is 5.37. The van der Waals surface area contributed by atoms with Crippen LogP contribution in [0.4, 0.5) is 4.39 Å². The fraction of sp³-hybridized carbons (Fsp3) is 0.231. The molecule has 0 aliphatic rings. The molecule has 0 amide bonds. The van der Waals surface area contributed by atoms with Gasteiger partial charge >= 0.3 is 0 Å². The van der Waals surface area contributed by atoms with Gasteiger partial charge in [0.15, 0.2) is 0 Å². The maximum atomic E-state index is 13.2. The number of carbonyl (C=O) groups is 1. The highest BCUT2D eigenvalue weighted by atomic mass is 19.1. The summed E-state index contributed by atoms with van der Waals surface area (Å²) in [5.74, 6) is 0. The number of halogens is 1. The van der Waals surface area contributed by atoms with Gasteiger partial charge in [0.1, 0.15) is 12.5 Å². The predicted octanol–water partition coefficient (Wildman–Crippen LogP) is 3.02. The van der Waals surface area contributed by atoms with E-state index in [4.69, 9.17) is 0 Å². The van der Waals surface area contributed by atoms with Gasteiger partial charge in [0, 0.05) is 11.8 Å². The zero-order valence-electron chi connectivity index (χ0n) is 9.72. The third-order valence-electron chi connectivity index (χ3n) is 2.61. The molecule has 0 saturated heterocycles. The highest BCUT2D eigenvalue weighted by Crippen LogP contribution is 2.20. The monoisotopic (exact) mass is 232 g/mol. The van der Waals surface area contributed by atoms with Crippen LogP contribution in [0, 0.1) is 6.92 Å². The van der Waals surface area contributed by atoms with Crippen LogP contribution in [-0.2, 0) is 0 Å². The molecule has 0 N–H and O–H groups in total. The van der Waals surface area contributed by atoms with Gasteiger partial charge in [0.2, 0.25) is 0 Å². The van der Waals surface area contributed by atoms with Crippen molar-refractivity contribution in [2.24, 2.45) is 0 Å². The number of aryl methyl sites for hydroxylation is 1. The van der Waals surface area contributed by atoms with Crippen molar-refractivity contribution >= 4 is 6.29 Å². The smallest absolute Gasteiger partial charge is 0.150 e. The summed E-state index contributed by atoms with van der Waals surface area (Å²) in [6.07, 6.45) is 1.49. The van der Waals surface area contributed by atoms with Gasteiger partial charge in [0.05, 0.1) is 11.4 Å². The van der Waals surface area contributed by atoms with Crippen LogP contribution < -0.4 is 0 Å². The molecule has 4 heteroatoms. The van der Waals surface area contributed by atoms with Crippen LogP contribution in [0.3, 0.4) is 0 Å². The van der Waals surface area contributed by atoms with E-state index in [1.807, 2.05) is 6.92 Å². The summed E-state index contributed by atoms with van der Waals surface area (Å²) in [6.45, 7) is 3.30. The lowest BCUT2D eigenvalue weighted by molar-refractivity contribution is 0.112. The van der Waals surface area contributed by atoms with Gasteiger partial charge in [-0.2, -0.15) is 5.10 Å². The second-order valence-corrected chi connectivity index (χ2v) is 3.97. The molecule has 0 aliphatic heterocycles. The summed E-state index contributed by atoms with van der Waals surface area (Å²) >= 11 is 0. The van der Waals surface area contributed by atoms with E-state index < -0.39 is 6.17 Å². The second kappa shape index (κ2) is 4.49. The molecule has 0 bridgehead atoms. The number of aromatic nitrogens is 2. The summed E-state index contributed by atoms with van der Waals surface area (Å²) in [4.78, 5) is 10.5. The maximum absolute atomic E-state index is 13.2. The lowest BCUT2D eigenvalue weighted by Gasteiger charge is -2.01. The number of alkyl halides is 1. The molecule has 3 nitrogen and oxygen atoms in total. The van der Waals surface area contributed by atoms with Crippen LogP contribution in [0.1, 0.15) is 34.7 Å². The summed E-state index contributed by atoms with van der Waals surface area (Å²) in [6, 6.07) is 6.97. The fourth-order valence-corrected chi connectivity index (χ4v) is 1.70. The number of carbonyl (C=O) groups excluding carboxylic acids is 1. The molecule has 17 heavy (non-hydrogen) atoms. The van der Waals surface area contributed by atoms with Crippen molar-refractivity contribution in [2.45, 2.75) is 20.0 Å². The summed E-state index contributed by atoms with van der Waals surface area (Å²) in [7, 11) is 0. The van der Waals surface area contributed by atoms with Crippen LogP contribution in [-0.4, -0.2) is 16.1 Å². The Morgan fingerprint density at radius 2 is 2.00 bits per heavy atom. The Labute approximate surface area is 98.9 Å². The molecule has 2 rings (SSSR count). The average molecular weight is 232 g/mol. The minimum absolute atomic E-state index is 0.449. The lowest BCUT2D eigenvalue weighted by Crippen LogP contribution is -1.97. The van der Waals surface area contributed by atoms with Gasteiger partial charge in [-0.3, -0.25) is 4.79 Å². The molecule has 1 heterocycles. The van der Waals surface area contributed by atoms with Crippen LogP contribution >= 0.6 is 0 Å². The Hall–Kier alpha value is -1.97. The predicted molar refractivity (Wildman–Crippen MR) is 63.2 cm³/mol. The van der Waals surface area contributed by atoms with E-state index >= 15 is 0 Å².